The van der Waals surface area contributed by atoms with Gasteiger partial charge in [-0.05, 0) is 112 Å². The molecular formula is C38H40ClN9O7. The van der Waals surface area contributed by atoms with E-state index in [0.29, 0.717) is 44.2 Å². The largest absolute Gasteiger partial charge is 0.455 e. The van der Waals surface area contributed by atoms with Crippen LogP contribution in [0.3, 0.4) is 0 Å². The van der Waals surface area contributed by atoms with Gasteiger partial charge in [-0.1, -0.05) is 23.7 Å². The summed E-state index contributed by atoms with van der Waals surface area (Å²) in [7, 11) is 0. The van der Waals surface area contributed by atoms with Crippen LogP contribution in [0.25, 0.3) is 16.6 Å². The Hall–Kier alpha value is -6.29. The topological polar surface area (TPSA) is 197 Å². The number of carbonyl (C=O) groups excluding carboxylic acids is 5. The fourth-order valence-electron chi connectivity index (χ4n) is 6.08. The van der Waals surface area contributed by atoms with Gasteiger partial charge in [0.15, 0.2) is 0 Å². The summed E-state index contributed by atoms with van der Waals surface area (Å²) in [6.07, 6.45) is 0.622. The van der Waals surface area contributed by atoms with Crippen molar-refractivity contribution in [1.29, 1.82) is 0 Å². The van der Waals surface area contributed by atoms with E-state index in [1.807, 2.05) is 0 Å². The molecule has 16 nitrogen and oxygen atoms in total. The van der Waals surface area contributed by atoms with Crippen molar-refractivity contribution < 1.29 is 33.4 Å². The molecule has 3 amide bonds. The summed E-state index contributed by atoms with van der Waals surface area (Å²) in [5.74, 6) is -3.11. The van der Waals surface area contributed by atoms with Gasteiger partial charge in [-0.3, -0.25) is 14.4 Å². The molecule has 0 unspecified atom stereocenters. The predicted octanol–water partition coefficient (Wildman–Crippen LogP) is 5.02. The highest BCUT2D eigenvalue weighted by Gasteiger charge is 2.41. The number of nitrogens with zero attached hydrogens (tertiary/aromatic N) is 7. The van der Waals surface area contributed by atoms with Gasteiger partial charge in [0, 0.05) is 41.3 Å². The lowest BCUT2D eigenvalue weighted by Crippen LogP contribution is -2.60. The number of nitrogen functional groups attached to an aromatic ring is 1. The van der Waals surface area contributed by atoms with Crippen LogP contribution in [0.1, 0.15) is 57.6 Å². The van der Waals surface area contributed by atoms with Crippen molar-refractivity contribution in [3.8, 4) is 5.69 Å². The average molecular weight is 770 g/mol. The molecule has 0 saturated carbocycles. The number of nitrogens with one attached hydrogen (secondary N) is 1. The minimum atomic E-state index is -1.14. The first-order valence-electron chi connectivity index (χ1n) is 17.3. The summed E-state index contributed by atoms with van der Waals surface area (Å²) in [6, 6.07) is 16.7. The fourth-order valence-corrected chi connectivity index (χ4v) is 6.25. The average Bonchev–Trinajstić information content (AvgIpc) is 3.77. The smallest absolute Gasteiger partial charge is 0.419 e. The highest BCUT2D eigenvalue weighted by Crippen LogP contribution is 2.31. The van der Waals surface area contributed by atoms with Crippen molar-refractivity contribution in [1.82, 2.24) is 29.7 Å². The van der Waals surface area contributed by atoms with Crippen LogP contribution in [0.2, 0.25) is 5.02 Å². The fraction of sp³-hybridized carbons (Fsp3) is 0.316. The first-order valence-corrected chi connectivity index (χ1v) is 17.7. The summed E-state index contributed by atoms with van der Waals surface area (Å²) < 4.78 is 13.7. The summed E-state index contributed by atoms with van der Waals surface area (Å²) in [5.41, 5.74) is 6.73. The number of fused-ring (bicyclic) bond motifs is 1. The number of rotatable bonds is 8. The van der Waals surface area contributed by atoms with Crippen molar-refractivity contribution in [2.75, 3.05) is 29.0 Å². The van der Waals surface area contributed by atoms with Crippen LogP contribution in [0.15, 0.2) is 73.1 Å². The van der Waals surface area contributed by atoms with Crippen molar-refractivity contribution in [3.63, 3.8) is 0 Å². The molecule has 3 heterocycles. The molecule has 1 aliphatic heterocycles. The maximum Gasteiger partial charge on any atom is 0.419 e. The van der Waals surface area contributed by atoms with Crippen LogP contribution in [-0.4, -0.2) is 89.8 Å². The zero-order valence-electron chi connectivity index (χ0n) is 31.1. The molecule has 0 radical (unpaired) electrons. The molecule has 17 heteroatoms. The van der Waals surface area contributed by atoms with E-state index in [0.717, 1.165) is 4.57 Å². The van der Waals surface area contributed by atoms with Gasteiger partial charge in [-0.2, -0.15) is 4.68 Å². The molecule has 55 heavy (non-hydrogen) atoms. The highest BCUT2D eigenvalue weighted by atomic mass is 35.5. The Labute approximate surface area is 321 Å². The molecule has 3 aromatic carbocycles. The van der Waals surface area contributed by atoms with Crippen molar-refractivity contribution >= 4 is 69.4 Å². The number of tetrazole rings is 1. The SMILES string of the molecule is CC(C)(C)OC(=O)c1cc2cc(NC(=O)[C@H](Cc3ccc(N)cc3)N3CCN(c4cc(Cl)ccc4-n4cnnn4)C(=O)C3=O)ccc2n1C(=O)OC(C)(C)C. The molecule has 286 valence electrons. The Morgan fingerprint density at radius 3 is 2.24 bits per heavy atom. The van der Waals surface area contributed by atoms with E-state index >= 15 is 0 Å². The highest BCUT2D eigenvalue weighted by molar-refractivity contribution is 6.41. The van der Waals surface area contributed by atoms with Gasteiger partial charge in [0.1, 0.15) is 29.3 Å². The van der Waals surface area contributed by atoms with Gasteiger partial charge >= 0.3 is 23.9 Å². The quantitative estimate of drug-likeness (QED) is 0.122. The van der Waals surface area contributed by atoms with Crippen LogP contribution in [0, 0.1) is 0 Å². The minimum Gasteiger partial charge on any atom is -0.455 e. The Morgan fingerprint density at radius 2 is 1.58 bits per heavy atom. The van der Waals surface area contributed by atoms with Gasteiger partial charge in [0.2, 0.25) is 5.91 Å². The molecule has 1 fully saturated rings. The second-order valence-electron chi connectivity index (χ2n) is 14.9. The van der Waals surface area contributed by atoms with E-state index in [1.54, 1.807) is 102 Å². The zero-order chi connectivity index (χ0) is 39.8. The Balaban J connectivity index is 1.32. The van der Waals surface area contributed by atoms with E-state index in [9.17, 15) is 24.0 Å². The number of esters is 1. The van der Waals surface area contributed by atoms with Gasteiger partial charge in [-0.15, -0.1) is 5.10 Å². The van der Waals surface area contributed by atoms with Gasteiger partial charge in [0.25, 0.3) is 0 Å². The van der Waals surface area contributed by atoms with Gasteiger partial charge in [-0.25, -0.2) is 14.2 Å². The molecule has 0 spiro atoms. The second kappa shape index (κ2) is 14.9. The van der Waals surface area contributed by atoms with Crippen molar-refractivity contribution in [2.45, 2.75) is 65.2 Å². The molecule has 6 rings (SSSR count). The number of aromatic nitrogens is 5. The Morgan fingerprint density at radius 1 is 0.873 bits per heavy atom. The number of ether oxygens (including phenoxy) is 2. The lowest BCUT2D eigenvalue weighted by Gasteiger charge is -2.38. The van der Waals surface area contributed by atoms with E-state index in [-0.39, 0.29) is 25.2 Å². The molecule has 1 saturated heterocycles. The van der Waals surface area contributed by atoms with E-state index in [1.165, 1.54) is 26.9 Å². The second-order valence-corrected chi connectivity index (χ2v) is 15.4. The minimum absolute atomic E-state index is 0.00375. The number of piperazine rings is 1. The van der Waals surface area contributed by atoms with Crippen LogP contribution in [0.4, 0.5) is 21.9 Å². The number of nitrogens with two attached hydrogens (primary N) is 1. The van der Waals surface area contributed by atoms with Gasteiger partial charge < -0.3 is 30.3 Å². The zero-order valence-corrected chi connectivity index (χ0v) is 31.8. The number of hydrogen-bond donors (Lipinski definition) is 2. The first kappa shape index (κ1) is 38.4. The number of benzene rings is 3. The predicted molar refractivity (Wildman–Crippen MR) is 204 cm³/mol. The summed E-state index contributed by atoms with van der Waals surface area (Å²) in [4.78, 5) is 71.2. The van der Waals surface area contributed by atoms with E-state index in [4.69, 9.17) is 26.8 Å². The summed E-state index contributed by atoms with van der Waals surface area (Å²) in [5, 5.41) is 14.9. The van der Waals surface area contributed by atoms with E-state index in [2.05, 4.69) is 20.8 Å². The third kappa shape index (κ3) is 8.59. The van der Waals surface area contributed by atoms with Crippen LogP contribution in [-0.2, 0) is 30.3 Å². The Kier molecular flexibility index (Phi) is 10.4. The summed E-state index contributed by atoms with van der Waals surface area (Å²) >= 11 is 6.31. The third-order valence-corrected chi connectivity index (χ3v) is 8.65. The first-order chi connectivity index (χ1) is 25.9. The molecule has 5 aromatic rings. The van der Waals surface area contributed by atoms with Crippen molar-refractivity contribution in [2.24, 2.45) is 0 Å². The molecule has 3 N–H and O–H groups in total. The molecule has 0 aliphatic carbocycles. The van der Waals surface area contributed by atoms with Crippen LogP contribution in [0.5, 0.6) is 0 Å². The number of hydrogen-bond acceptors (Lipinski definition) is 11. The monoisotopic (exact) mass is 769 g/mol. The lowest BCUT2D eigenvalue weighted by atomic mass is 10.0. The molecular weight excluding hydrogens is 730 g/mol. The number of halogens is 1. The lowest BCUT2D eigenvalue weighted by molar-refractivity contribution is -0.149. The Bertz CT molecular complexity index is 2290. The number of carbonyl (C=O) groups is 5. The molecule has 1 aliphatic rings. The molecule has 0 bridgehead atoms. The molecule has 1 atom stereocenters. The number of amides is 3. The number of anilines is 3. The maximum atomic E-state index is 14.2. The third-order valence-electron chi connectivity index (χ3n) is 8.42. The summed E-state index contributed by atoms with van der Waals surface area (Å²) in [6.45, 7) is 10.3. The molecule has 2 aromatic heterocycles. The van der Waals surface area contributed by atoms with Crippen LogP contribution >= 0.6 is 11.6 Å². The van der Waals surface area contributed by atoms with E-state index < -0.39 is 47.0 Å². The van der Waals surface area contributed by atoms with Crippen molar-refractivity contribution in [3.05, 3.63) is 89.3 Å². The maximum absolute atomic E-state index is 14.2. The van der Waals surface area contributed by atoms with Crippen LogP contribution < -0.4 is 16.0 Å². The standard InChI is InChI=1S/C38H40ClN9O7/c1-37(2,3)54-35(52)31-19-23-18-26(12-14-27(23)48(31)36(53)55-38(4,5)6)42-32(49)30(17-22-7-10-25(40)11-8-22)46-16-15-45(33(50)34(46)51)29-20-24(39)9-13-28(29)47-21-41-43-44-47/h7-14,18-21,30H,15-17,40H2,1-6H3,(H,42,49)/t30-/m0/s1. The van der Waals surface area contributed by atoms with Gasteiger partial charge in [0.05, 0.1) is 16.9 Å². The normalized spacial score (nSPS) is 14.2.